The molecular weight excluding hydrogens is 222 g/mol. The number of carbonyl (C=O) groups is 1. The monoisotopic (exact) mass is 235 g/mol. The van der Waals surface area contributed by atoms with E-state index in [0.717, 1.165) is 0 Å². The van der Waals surface area contributed by atoms with Gasteiger partial charge in [-0.2, -0.15) is 4.98 Å². The number of aromatic carboxylic acids is 1. The van der Waals surface area contributed by atoms with Crippen LogP contribution in [0.15, 0.2) is 23.0 Å². The second-order valence-corrected chi connectivity index (χ2v) is 4.08. The first-order valence-corrected chi connectivity index (χ1v) is 5.28. The van der Waals surface area contributed by atoms with Gasteiger partial charge < -0.3 is 14.2 Å². The molecule has 2 aromatic heterocycles. The second kappa shape index (κ2) is 4.40. The summed E-state index contributed by atoms with van der Waals surface area (Å²) in [5.74, 6) is 0.399. The summed E-state index contributed by atoms with van der Waals surface area (Å²) in [6, 6.07) is 1.53. The molecule has 0 aromatic carbocycles. The fourth-order valence-electron chi connectivity index (χ4n) is 1.39. The number of hydrogen-bond acceptors (Lipinski definition) is 4. The first kappa shape index (κ1) is 11.4. The van der Waals surface area contributed by atoms with Crippen LogP contribution in [0.25, 0.3) is 0 Å². The molecule has 17 heavy (non-hydrogen) atoms. The van der Waals surface area contributed by atoms with Crippen LogP contribution in [-0.4, -0.2) is 25.8 Å². The minimum absolute atomic E-state index is 0.215. The van der Waals surface area contributed by atoms with Gasteiger partial charge in [-0.1, -0.05) is 19.0 Å². The van der Waals surface area contributed by atoms with Crippen LogP contribution in [-0.2, 0) is 6.54 Å². The van der Waals surface area contributed by atoms with Gasteiger partial charge in [0, 0.05) is 18.3 Å². The standard InChI is InChI=1S/C11H13N3O3/c1-7(2)10-12-9(17-13-10)6-14-4-3-8(5-14)11(15)16/h3-5,7H,6H2,1-2H3,(H,15,16). The Labute approximate surface area is 97.9 Å². The van der Waals surface area contributed by atoms with E-state index in [1.165, 1.54) is 12.3 Å². The van der Waals surface area contributed by atoms with Crippen molar-refractivity contribution < 1.29 is 14.4 Å². The average Bonchev–Trinajstić information content (AvgIpc) is 2.87. The predicted octanol–water partition coefficient (Wildman–Crippen LogP) is 1.74. The molecule has 0 bridgehead atoms. The molecule has 0 saturated heterocycles. The Kier molecular flexibility index (Phi) is 2.95. The molecule has 1 N–H and O–H groups in total. The zero-order chi connectivity index (χ0) is 12.4. The van der Waals surface area contributed by atoms with Crippen molar-refractivity contribution in [3.05, 3.63) is 35.7 Å². The Morgan fingerprint density at radius 2 is 2.35 bits per heavy atom. The van der Waals surface area contributed by atoms with Gasteiger partial charge in [-0.05, 0) is 6.07 Å². The van der Waals surface area contributed by atoms with Gasteiger partial charge in [0.2, 0.25) is 5.89 Å². The normalized spacial score (nSPS) is 11.0. The number of nitrogens with zero attached hydrogens (tertiary/aromatic N) is 3. The summed E-state index contributed by atoms with van der Waals surface area (Å²) in [5.41, 5.74) is 0.244. The third-order valence-electron chi connectivity index (χ3n) is 2.32. The Morgan fingerprint density at radius 1 is 1.59 bits per heavy atom. The summed E-state index contributed by atoms with van der Waals surface area (Å²) < 4.78 is 6.77. The zero-order valence-corrected chi connectivity index (χ0v) is 9.62. The van der Waals surface area contributed by atoms with E-state index >= 15 is 0 Å². The van der Waals surface area contributed by atoms with Crippen molar-refractivity contribution in [2.45, 2.75) is 26.3 Å². The number of carboxylic acid groups (broad SMARTS) is 1. The number of hydrogen-bond donors (Lipinski definition) is 1. The van der Waals surface area contributed by atoms with Crippen LogP contribution in [0.4, 0.5) is 0 Å². The molecule has 2 heterocycles. The molecule has 0 atom stereocenters. The molecule has 0 amide bonds. The molecule has 90 valence electrons. The molecule has 2 rings (SSSR count). The van der Waals surface area contributed by atoms with Crippen LogP contribution >= 0.6 is 0 Å². The van der Waals surface area contributed by atoms with Crippen LogP contribution in [0.3, 0.4) is 0 Å². The molecule has 0 aliphatic rings. The first-order valence-electron chi connectivity index (χ1n) is 5.28. The lowest BCUT2D eigenvalue weighted by Crippen LogP contribution is -1.99. The molecule has 0 aliphatic heterocycles. The maximum absolute atomic E-state index is 10.7. The third kappa shape index (κ3) is 2.52. The van der Waals surface area contributed by atoms with Crippen LogP contribution in [0.5, 0.6) is 0 Å². The molecule has 0 radical (unpaired) electrons. The van der Waals surface area contributed by atoms with Gasteiger partial charge in [0.05, 0.1) is 5.56 Å². The average molecular weight is 235 g/mol. The van der Waals surface area contributed by atoms with E-state index in [4.69, 9.17) is 9.63 Å². The summed E-state index contributed by atoms with van der Waals surface area (Å²) in [4.78, 5) is 14.9. The van der Waals surface area contributed by atoms with Crippen LogP contribution < -0.4 is 0 Å². The molecule has 0 aliphatic carbocycles. The highest BCUT2D eigenvalue weighted by molar-refractivity contribution is 5.87. The predicted molar refractivity (Wildman–Crippen MR) is 58.9 cm³/mol. The van der Waals surface area contributed by atoms with Crippen molar-refractivity contribution in [1.29, 1.82) is 0 Å². The van der Waals surface area contributed by atoms with Crippen molar-refractivity contribution in [2.75, 3.05) is 0 Å². The van der Waals surface area contributed by atoms with E-state index < -0.39 is 5.97 Å². The van der Waals surface area contributed by atoms with Gasteiger partial charge in [-0.3, -0.25) is 0 Å². The van der Waals surface area contributed by atoms with Gasteiger partial charge in [-0.25, -0.2) is 4.79 Å². The van der Waals surface area contributed by atoms with E-state index in [9.17, 15) is 4.79 Å². The van der Waals surface area contributed by atoms with Gasteiger partial charge in [0.15, 0.2) is 5.82 Å². The van der Waals surface area contributed by atoms with E-state index in [-0.39, 0.29) is 11.5 Å². The highest BCUT2D eigenvalue weighted by Gasteiger charge is 2.11. The van der Waals surface area contributed by atoms with Crippen molar-refractivity contribution in [3.63, 3.8) is 0 Å². The van der Waals surface area contributed by atoms with Gasteiger partial charge in [0.25, 0.3) is 0 Å². The zero-order valence-electron chi connectivity index (χ0n) is 9.62. The fraction of sp³-hybridized carbons (Fsp3) is 0.364. The topological polar surface area (TPSA) is 81.2 Å². The highest BCUT2D eigenvalue weighted by Crippen LogP contribution is 2.11. The van der Waals surface area contributed by atoms with E-state index in [2.05, 4.69) is 10.1 Å². The summed E-state index contributed by atoms with van der Waals surface area (Å²) in [5, 5.41) is 12.6. The van der Waals surface area contributed by atoms with Crippen LogP contribution in [0.2, 0.25) is 0 Å². The Morgan fingerprint density at radius 3 is 2.88 bits per heavy atom. The van der Waals surface area contributed by atoms with Gasteiger partial charge >= 0.3 is 5.97 Å². The molecule has 6 heteroatoms. The Bertz CT molecular complexity index is 528. The minimum atomic E-state index is -0.947. The largest absolute Gasteiger partial charge is 0.478 e. The van der Waals surface area contributed by atoms with Crippen molar-refractivity contribution >= 4 is 5.97 Å². The molecule has 0 unspecified atom stereocenters. The highest BCUT2D eigenvalue weighted by atomic mass is 16.5. The molecule has 6 nitrogen and oxygen atoms in total. The number of rotatable bonds is 4. The quantitative estimate of drug-likeness (QED) is 0.872. The maximum atomic E-state index is 10.7. The molecular formula is C11H13N3O3. The lowest BCUT2D eigenvalue weighted by molar-refractivity contribution is 0.0697. The SMILES string of the molecule is CC(C)c1noc(Cn2ccc(C(=O)O)c2)n1. The van der Waals surface area contributed by atoms with Crippen LogP contribution in [0.1, 0.15) is 41.8 Å². The lowest BCUT2D eigenvalue weighted by Gasteiger charge is -1.96. The molecule has 0 spiro atoms. The smallest absolute Gasteiger partial charge is 0.337 e. The maximum Gasteiger partial charge on any atom is 0.337 e. The second-order valence-electron chi connectivity index (χ2n) is 4.08. The molecule has 2 aromatic rings. The minimum Gasteiger partial charge on any atom is -0.478 e. The summed E-state index contributed by atoms with van der Waals surface area (Å²) >= 11 is 0. The molecule has 0 saturated carbocycles. The van der Waals surface area contributed by atoms with E-state index in [0.29, 0.717) is 18.3 Å². The van der Waals surface area contributed by atoms with Crippen LogP contribution in [0, 0.1) is 0 Å². The Balaban J connectivity index is 2.11. The van der Waals surface area contributed by atoms with Crippen molar-refractivity contribution in [3.8, 4) is 0 Å². The van der Waals surface area contributed by atoms with Crippen molar-refractivity contribution in [1.82, 2.24) is 14.7 Å². The number of aromatic nitrogens is 3. The van der Waals surface area contributed by atoms with Crippen molar-refractivity contribution in [2.24, 2.45) is 0 Å². The lowest BCUT2D eigenvalue weighted by atomic mass is 10.2. The van der Waals surface area contributed by atoms with Gasteiger partial charge in [0.1, 0.15) is 6.54 Å². The van der Waals surface area contributed by atoms with E-state index in [1.54, 1.807) is 10.8 Å². The summed E-state index contributed by atoms with van der Waals surface area (Å²) in [7, 11) is 0. The van der Waals surface area contributed by atoms with E-state index in [1.807, 2.05) is 13.8 Å². The first-order chi connectivity index (χ1) is 8.06. The summed E-state index contributed by atoms with van der Waals surface area (Å²) in [6.45, 7) is 4.34. The third-order valence-corrected chi connectivity index (χ3v) is 2.32. The number of carboxylic acids is 1. The fourth-order valence-corrected chi connectivity index (χ4v) is 1.39. The van der Waals surface area contributed by atoms with Gasteiger partial charge in [-0.15, -0.1) is 0 Å². The Hall–Kier alpha value is -2.11. The summed E-state index contributed by atoms with van der Waals surface area (Å²) in [6.07, 6.45) is 3.20. The molecule has 0 fully saturated rings.